The fourth-order valence-corrected chi connectivity index (χ4v) is 3.67. The quantitative estimate of drug-likeness (QED) is 0.596. The van der Waals surface area contributed by atoms with Crippen LogP contribution in [-0.2, 0) is 0 Å². The van der Waals surface area contributed by atoms with Crippen molar-refractivity contribution in [2.75, 3.05) is 36.0 Å². The fraction of sp³-hybridized carbons (Fsp3) is 0.190. The topological polar surface area (TPSA) is 69.8 Å². The molecule has 4 heterocycles. The molecule has 0 radical (unpaired) electrons. The largest absolute Gasteiger partial charge is 0.508 e. The van der Waals surface area contributed by atoms with Crippen LogP contribution in [0.25, 0.3) is 16.8 Å². The first kappa shape index (κ1) is 16.6. The van der Waals surface area contributed by atoms with E-state index in [0.717, 1.165) is 54.6 Å². The second-order valence-corrected chi connectivity index (χ2v) is 6.81. The van der Waals surface area contributed by atoms with Gasteiger partial charge in [-0.3, -0.25) is 0 Å². The molecule has 140 valence electrons. The van der Waals surface area contributed by atoms with Crippen LogP contribution in [0.3, 0.4) is 0 Å². The number of hydrogen-bond acceptors (Lipinski definition) is 6. The minimum absolute atomic E-state index is 0.250. The number of aromatic hydroxyl groups is 1. The summed E-state index contributed by atoms with van der Waals surface area (Å²) in [7, 11) is 0. The number of anilines is 2. The van der Waals surface area contributed by atoms with Crippen molar-refractivity contribution in [3.63, 3.8) is 0 Å². The van der Waals surface area contributed by atoms with E-state index in [9.17, 15) is 5.11 Å². The van der Waals surface area contributed by atoms with E-state index in [1.807, 2.05) is 53.4 Å². The van der Waals surface area contributed by atoms with Gasteiger partial charge in [0.15, 0.2) is 5.65 Å². The molecule has 1 saturated heterocycles. The van der Waals surface area contributed by atoms with Crippen molar-refractivity contribution in [2.24, 2.45) is 0 Å². The maximum absolute atomic E-state index is 9.53. The number of piperazine rings is 1. The number of hydrogen-bond donors (Lipinski definition) is 1. The van der Waals surface area contributed by atoms with E-state index in [2.05, 4.69) is 30.9 Å². The summed E-state index contributed by atoms with van der Waals surface area (Å²) < 4.78 is 1.90. The minimum Gasteiger partial charge on any atom is -0.508 e. The normalized spacial score (nSPS) is 14.6. The van der Waals surface area contributed by atoms with Gasteiger partial charge >= 0.3 is 0 Å². The molecule has 1 aromatic carbocycles. The zero-order valence-electron chi connectivity index (χ0n) is 15.3. The highest BCUT2D eigenvalue weighted by Crippen LogP contribution is 2.28. The second kappa shape index (κ2) is 6.84. The third kappa shape index (κ3) is 2.90. The molecule has 0 amide bonds. The Morgan fingerprint density at radius 2 is 1.57 bits per heavy atom. The van der Waals surface area contributed by atoms with Crippen LogP contribution in [0.15, 0.2) is 67.1 Å². The summed E-state index contributed by atoms with van der Waals surface area (Å²) in [6.07, 6.45) is 5.51. The number of nitrogens with zero attached hydrogens (tertiary/aromatic N) is 6. The summed E-state index contributed by atoms with van der Waals surface area (Å²) in [5.41, 5.74) is 2.75. The maximum Gasteiger partial charge on any atom is 0.165 e. The fourth-order valence-electron chi connectivity index (χ4n) is 3.67. The molecule has 0 saturated carbocycles. The zero-order valence-corrected chi connectivity index (χ0v) is 15.3. The molecule has 1 N–H and O–H groups in total. The molecule has 28 heavy (non-hydrogen) atoms. The molecule has 0 bridgehead atoms. The summed E-state index contributed by atoms with van der Waals surface area (Å²) >= 11 is 0. The lowest BCUT2D eigenvalue weighted by atomic mass is 10.1. The third-order valence-corrected chi connectivity index (χ3v) is 5.14. The first-order valence-corrected chi connectivity index (χ1v) is 9.33. The van der Waals surface area contributed by atoms with Gasteiger partial charge in [-0.15, -0.1) is 0 Å². The van der Waals surface area contributed by atoms with Crippen LogP contribution in [0, 0.1) is 0 Å². The van der Waals surface area contributed by atoms with Crippen LogP contribution in [0.4, 0.5) is 11.6 Å². The second-order valence-electron chi connectivity index (χ2n) is 6.81. The highest BCUT2D eigenvalue weighted by Gasteiger charge is 2.21. The smallest absolute Gasteiger partial charge is 0.165 e. The van der Waals surface area contributed by atoms with E-state index < -0.39 is 0 Å². The van der Waals surface area contributed by atoms with Gasteiger partial charge in [0, 0.05) is 44.1 Å². The first-order valence-electron chi connectivity index (χ1n) is 9.33. The highest BCUT2D eigenvalue weighted by atomic mass is 16.3. The van der Waals surface area contributed by atoms with Gasteiger partial charge in [-0.05, 0) is 35.9 Å². The lowest BCUT2D eigenvalue weighted by molar-refractivity contribution is 0.475. The van der Waals surface area contributed by atoms with Gasteiger partial charge in [0.2, 0.25) is 0 Å². The Morgan fingerprint density at radius 1 is 0.786 bits per heavy atom. The zero-order chi connectivity index (χ0) is 18.9. The van der Waals surface area contributed by atoms with E-state index in [0.29, 0.717) is 0 Å². The van der Waals surface area contributed by atoms with Crippen LogP contribution < -0.4 is 9.80 Å². The first-order chi connectivity index (χ1) is 13.8. The summed E-state index contributed by atoms with van der Waals surface area (Å²) in [6, 6.07) is 15.2. The number of phenolic OH excluding ortho intramolecular Hbond substituents is 1. The molecule has 5 rings (SSSR count). The monoisotopic (exact) mass is 372 g/mol. The predicted molar refractivity (Wildman–Crippen MR) is 109 cm³/mol. The van der Waals surface area contributed by atoms with E-state index in [1.165, 1.54) is 0 Å². The minimum atomic E-state index is 0.250. The van der Waals surface area contributed by atoms with Crippen molar-refractivity contribution in [3.05, 3.63) is 67.1 Å². The molecule has 1 aliphatic heterocycles. The van der Waals surface area contributed by atoms with Gasteiger partial charge < -0.3 is 14.9 Å². The Balaban J connectivity index is 1.42. The van der Waals surface area contributed by atoms with Crippen LogP contribution in [0.1, 0.15) is 0 Å². The Hall–Kier alpha value is -3.61. The van der Waals surface area contributed by atoms with Crippen molar-refractivity contribution >= 4 is 17.3 Å². The number of pyridine rings is 1. The number of phenols is 1. The molecule has 7 nitrogen and oxygen atoms in total. The summed E-state index contributed by atoms with van der Waals surface area (Å²) in [5.74, 6) is 2.31. The number of aromatic nitrogens is 4. The predicted octanol–water partition coefficient (Wildman–Crippen LogP) is 2.82. The molecule has 7 heteroatoms. The van der Waals surface area contributed by atoms with Crippen molar-refractivity contribution in [1.82, 2.24) is 19.6 Å². The third-order valence-electron chi connectivity index (χ3n) is 5.14. The average Bonchev–Trinajstić information content (AvgIpc) is 3.19. The molecule has 3 aromatic heterocycles. The van der Waals surface area contributed by atoms with Crippen molar-refractivity contribution in [2.45, 2.75) is 0 Å². The van der Waals surface area contributed by atoms with Gasteiger partial charge in [-0.25, -0.2) is 9.97 Å². The van der Waals surface area contributed by atoms with Crippen LogP contribution in [0.2, 0.25) is 0 Å². The molecule has 0 atom stereocenters. The molecular weight excluding hydrogens is 352 g/mol. The lowest BCUT2D eigenvalue weighted by Crippen LogP contribution is -2.47. The maximum atomic E-state index is 9.53. The number of rotatable bonds is 3. The number of fused-ring (bicyclic) bond motifs is 1. The Bertz CT molecular complexity index is 1090. The Kier molecular flexibility index (Phi) is 4.05. The Morgan fingerprint density at radius 3 is 2.32 bits per heavy atom. The molecule has 1 fully saturated rings. The van der Waals surface area contributed by atoms with Crippen molar-refractivity contribution < 1.29 is 5.11 Å². The molecule has 0 spiro atoms. The van der Waals surface area contributed by atoms with E-state index in [4.69, 9.17) is 0 Å². The molecule has 0 aliphatic carbocycles. The van der Waals surface area contributed by atoms with Crippen molar-refractivity contribution in [1.29, 1.82) is 0 Å². The number of benzene rings is 1. The van der Waals surface area contributed by atoms with Crippen LogP contribution >= 0.6 is 0 Å². The van der Waals surface area contributed by atoms with Gasteiger partial charge in [0.25, 0.3) is 0 Å². The Labute approximate surface area is 162 Å². The van der Waals surface area contributed by atoms with Crippen LogP contribution in [0.5, 0.6) is 5.75 Å². The average molecular weight is 372 g/mol. The molecule has 0 unspecified atom stereocenters. The van der Waals surface area contributed by atoms with Gasteiger partial charge in [-0.2, -0.15) is 9.61 Å². The summed E-state index contributed by atoms with van der Waals surface area (Å²) in [4.78, 5) is 13.6. The van der Waals surface area contributed by atoms with E-state index >= 15 is 0 Å². The summed E-state index contributed by atoms with van der Waals surface area (Å²) in [5, 5.41) is 14.1. The standard InChI is InChI=1S/C21H20N6O/c28-17-6-4-16(5-7-17)18-15-24-27-20(8-10-23-21(18)27)26-13-11-25(12-14-26)19-3-1-2-9-22-19/h1-10,15,28H,11-14H2. The molecule has 1 aliphatic rings. The van der Waals surface area contributed by atoms with Gasteiger partial charge in [0.1, 0.15) is 17.4 Å². The lowest BCUT2D eigenvalue weighted by Gasteiger charge is -2.36. The summed E-state index contributed by atoms with van der Waals surface area (Å²) in [6.45, 7) is 3.61. The van der Waals surface area contributed by atoms with Crippen molar-refractivity contribution in [3.8, 4) is 16.9 Å². The molecular formula is C21H20N6O. The van der Waals surface area contributed by atoms with Crippen LogP contribution in [-0.4, -0.2) is 50.9 Å². The van der Waals surface area contributed by atoms with E-state index in [1.54, 1.807) is 12.1 Å². The van der Waals surface area contributed by atoms with Gasteiger partial charge in [-0.1, -0.05) is 18.2 Å². The SMILES string of the molecule is Oc1ccc(-c2cnn3c(N4CCN(c5ccccn5)CC4)ccnc23)cc1. The van der Waals surface area contributed by atoms with E-state index in [-0.39, 0.29) is 5.75 Å². The highest BCUT2D eigenvalue weighted by molar-refractivity contribution is 5.78. The molecule has 4 aromatic rings. The van der Waals surface area contributed by atoms with Gasteiger partial charge in [0.05, 0.1) is 6.20 Å².